The highest BCUT2D eigenvalue weighted by Crippen LogP contribution is 2.48. The summed E-state index contributed by atoms with van der Waals surface area (Å²) in [6.07, 6.45) is 2.69. The number of primary amides is 1. The maximum atomic E-state index is 13.1. The van der Waals surface area contributed by atoms with Crippen LogP contribution in [0.5, 0.6) is 0 Å². The van der Waals surface area contributed by atoms with Gasteiger partial charge in [-0.05, 0) is 30.9 Å². The fraction of sp³-hybridized carbons (Fsp3) is 0.500. The molecule has 0 unspecified atom stereocenters. The molecule has 1 saturated carbocycles. The SMILES string of the molecule is NC(=O)[C@]12CCC[C@H]1CN(CC(=O)Nc1cc(F)cc(F)c1)C2. The number of hydrogen-bond donors (Lipinski definition) is 2. The number of nitrogens with one attached hydrogen (secondary N) is 1. The Hall–Kier alpha value is -2.02. The Labute approximate surface area is 132 Å². The lowest BCUT2D eigenvalue weighted by Gasteiger charge is -2.24. The molecular formula is C16H19F2N3O2. The zero-order valence-corrected chi connectivity index (χ0v) is 12.6. The summed E-state index contributed by atoms with van der Waals surface area (Å²) < 4.78 is 26.3. The van der Waals surface area contributed by atoms with Crippen LogP contribution in [0.4, 0.5) is 14.5 Å². The summed E-state index contributed by atoms with van der Waals surface area (Å²) in [5.41, 5.74) is 5.13. The van der Waals surface area contributed by atoms with Crippen molar-refractivity contribution in [1.29, 1.82) is 0 Å². The van der Waals surface area contributed by atoms with Gasteiger partial charge in [-0.2, -0.15) is 0 Å². The first kappa shape index (κ1) is 15.9. The molecule has 7 heteroatoms. The monoisotopic (exact) mass is 323 g/mol. The molecule has 2 amide bonds. The molecular weight excluding hydrogens is 304 g/mol. The van der Waals surface area contributed by atoms with Crippen LogP contribution in [0.3, 0.4) is 0 Å². The number of nitrogens with two attached hydrogens (primary N) is 1. The lowest BCUT2D eigenvalue weighted by Crippen LogP contribution is -2.41. The summed E-state index contributed by atoms with van der Waals surface area (Å²) in [4.78, 5) is 25.8. The van der Waals surface area contributed by atoms with Crippen LogP contribution in [0, 0.1) is 23.0 Å². The minimum absolute atomic E-state index is 0.0731. The Balaban J connectivity index is 1.62. The summed E-state index contributed by atoms with van der Waals surface area (Å²) in [6, 6.07) is 2.86. The van der Waals surface area contributed by atoms with Gasteiger partial charge in [0.25, 0.3) is 0 Å². The van der Waals surface area contributed by atoms with Gasteiger partial charge in [0.1, 0.15) is 11.6 Å². The van der Waals surface area contributed by atoms with Gasteiger partial charge >= 0.3 is 0 Å². The van der Waals surface area contributed by atoms with Gasteiger partial charge in [0.2, 0.25) is 11.8 Å². The van der Waals surface area contributed by atoms with Gasteiger partial charge in [-0.3, -0.25) is 14.5 Å². The maximum absolute atomic E-state index is 13.1. The number of anilines is 1. The number of likely N-dealkylation sites (tertiary alicyclic amines) is 1. The molecule has 0 aromatic heterocycles. The number of hydrogen-bond acceptors (Lipinski definition) is 3. The number of amides is 2. The highest BCUT2D eigenvalue weighted by molar-refractivity contribution is 5.92. The van der Waals surface area contributed by atoms with E-state index in [0.29, 0.717) is 13.1 Å². The molecule has 1 heterocycles. The van der Waals surface area contributed by atoms with Gasteiger partial charge in [0.15, 0.2) is 0 Å². The minimum Gasteiger partial charge on any atom is -0.369 e. The van der Waals surface area contributed by atoms with Crippen LogP contribution < -0.4 is 11.1 Å². The fourth-order valence-corrected chi connectivity index (χ4v) is 3.95. The van der Waals surface area contributed by atoms with E-state index in [9.17, 15) is 18.4 Å². The molecule has 0 spiro atoms. The third-order valence-corrected chi connectivity index (χ3v) is 4.95. The van der Waals surface area contributed by atoms with Gasteiger partial charge < -0.3 is 11.1 Å². The van der Waals surface area contributed by atoms with Crippen molar-refractivity contribution in [2.24, 2.45) is 17.1 Å². The van der Waals surface area contributed by atoms with E-state index in [1.807, 2.05) is 4.90 Å². The number of nitrogens with zero attached hydrogens (tertiary/aromatic N) is 1. The number of fused-ring (bicyclic) bond motifs is 1. The van der Waals surface area contributed by atoms with Gasteiger partial charge in [-0.15, -0.1) is 0 Å². The Morgan fingerprint density at radius 2 is 2.00 bits per heavy atom. The van der Waals surface area contributed by atoms with Crippen LogP contribution in [0.1, 0.15) is 19.3 Å². The molecule has 1 saturated heterocycles. The molecule has 3 N–H and O–H groups in total. The predicted octanol–water partition coefficient (Wildman–Crippen LogP) is 1.49. The first-order valence-electron chi connectivity index (χ1n) is 7.67. The van der Waals surface area contributed by atoms with E-state index in [0.717, 1.165) is 37.5 Å². The molecule has 1 aliphatic carbocycles. The molecule has 1 aliphatic heterocycles. The second-order valence-corrected chi connectivity index (χ2v) is 6.49. The summed E-state index contributed by atoms with van der Waals surface area (Å²) in [5.74, 6) is -1.96. The Bertz CT molecular complexity index is 632. The standard InChI is InChI=1S/C16H19F2N3O2/c17-11-4-12(18)6-13(5-11)20-14(22)8-21-7-10-2-1-3-16(10,9-21)15(19)23/h4-6,10H,1-3,7-9H2,(H2,19,23)(H,20,22)/t10-,16-/m0/s1. The average Bonchev–Trinajstić information content (AvgIpc) is 2.94. The number of halogens is 2. The predicted molar refractivity (Wildman–Crippen MR) is 80.4 cm³/mol. The minimum atomic E-state index is -0.747. The molecule has 3 rings (SSSR count). The van der Waals surface area contributed by atoms with Crippen molar-refractivity contribution in [3.05, 3.63) is 29.8 Å². The zero-order chi connectivity index (χ0) is 16.6. The number of carbonyl (C=O) groups excluding carboxylic acids is 2. The normalized spacial score (nSPS) is 27.0. The van der Waals surface area contributed by atoms with E-state index in [1.54, 1.807) is 0 Å². The molecule has 2 atom stereocenters. The molecule has 1 aromatic rings. The van der Waals surface area contributed by atoms with Crippen molar-refractivity contribution in [2.45, 2.75) is 19.3 Å². The van der Waals surface area contributed by atoms with Crippen LogP contribution in [-0.4, -0.2) is 36.3 Å². The van der Waals surface area contributed by atoms with E-state index >= 15 is 0 Å². The van der Waals surface area contributed by atoms with Crippen molar-refractivity contribution in [2.75, 3.05) is 25.0 Å². The summed E-state index contributed by atoms with van der Waals surface area (Å²) in [5, 5.41) is 2.48. The number of carbonyl (C=O) groups is 2. The van der Waals surface area contributed by atoms with Crippen LogP contribution in [0.15, 0.2) is 18.2 Å². The fourth-order valence-electron chi connectivity index (χ4n) is 3.95. The topological polar surface area (TPSA) is 75.4 Å². The van der Waals surface area contributed by atoms with Crippen LogP contribution in [-0.2, 0) is 9.59 Å². The van der Waals surface area contributed by atoms with Crippen molar-refractivity contribution < 1.29 is 18.4 Å². The summed E-state index contributed by atoms with van der Waals surface area (Å²) in [6.45, 7) is 1.19. The highest BCUT2D eigenvalue weighted by atomic mass is 19.1. The van der Waals surface area contributed by atoms with Crippen molar-refractivity contribution in [1.82, 2.24) is 4.90 Å². The van der Waals surface area contributed by atoms with Gasteiger partial charge in [0.05, 0.1) is 12.0 Å². The van der Waals surface area contributed by atoms with E-state index in [-0.39, 0.29) is 30.0 Å². The van der Waals surface area contributed by atoms with E-state index in [2.05, 4.69) is 5.32 Å². The molecule has 5 nitrogen and oxygen atoms in total. The van der Waals surface area contributed by atoms with E-state index < -0.39 is 17.0 Å². The average molecular weight is 323 g/mol. The largest absolute Gasteiger partial charge is 0.369 e. The van der Waals surface area contributed by atoms with Crippen LogP contribution in [0.2, 0.25) is 0 Å². The van der Waals surface area contributed by atoms with Crippen molar-refractivity contribution in [3.8, 4) is 0 Å². The smallest absolute Gasteiger partial charge is 0.238 e. The Morgan fingerprint density at radius 3 is 2.61 bits per heavy atom. The molecule has 2 fully saturated rings. The second-order valence-electron chi connectivity index (χ2n) is 6.49. The molecule has 0 bridgehead atoms. The first-order valence-corrected chi connectivity index (χ1v) is 7.67. The van der Waals surface area contributed by atoms with Crippen LogP contribution in [0.25, 0.3) is 0 Å². The lowest BCUT2D eigenvalue weighted by molar-refractivity contribution is -0.128. The Morgan fingerprint density at radius 1 is 1.30 bits per heavy atom. The van der Waals surface area contributed by atoms with Crippen LogP contribution >= 0.6 is 0 Å². The molecule has 0 radical (unpaired) electrons. The summed E-state index contributed by atoms with van der Waals surface area (Å²) in [7, 11) is 0. The number of benzene rings is 1. The Kier molecular flexibility index (Phi) is 4.06. The third kappa shape index (κ3) is 3.06. The summed E-state index contributed by atoms with van der Waals surface area (Å²) >= 11 is 0. The van der Waals surface area contributed by atoms with E-state index in [1.165, 1.54) is 0 Å². The van der Waals surface area contributed by atoms with Crippen molar-refractivity contribution in [3.63, 3.8) is 0 Å². The number of rotatable bonds is 4. The van der Waals surface area contributed by atoms with Gasteiger partial charge in [-0.25, -0.2) is 8.78 Å². The molecule has 2 aliphatic rings. The highest BCUT2D eigenvalue weighted by Gasteiger charge is 2.53. The van der Waals surface area contributed by atoms with Gasteiger partial charge in [-0.1, -0.05) is 6.42 Å². The molecule has 124 valence electrons. The maximum Gasteiger partial charge on any atom is 0.238 e. The first-order chi connectivity index (χ1) is 10.9. The quantitative estimate of drug-likeness (QED) is 0.881. The van der Waals surface area contributed by atoms with Crippen molar-refractivity contribution >= 4 is 17.5 Å². The zero-order valence-electron chi connectivity index (χ0n) is 12.6. The van der Waals surface area contributed by atoms with E-state index in [4.69, 9.17) is 5.73 Å². The molecule has 23 heavy (non-hydrogen) atoms. The lowest BCUT2D eigenvalue weighted by atomic mass is 9.80. The second kappa shape index (κ2) is 5.88. The van der Waals surface area contributed by atoms with Gasteiger partial charge in [0, 0.05) is 24.8 Å². The molecule has 1 aromatic carbocycles. The third-order valence-electron chi connectivity index (χ3n) is 4.95.